The van der Waals surface area contributed by atoms with Crippen LogP contribution < -0.4 is 0 Å². The summed E-state index contributed by atoms with van der Waals surface area (Å²) < 4.78 is 4.61. The number of para-hydroxylation sites is 4. The van der Waals surface area contributed by atoms with Gasteiger partial charge >= 0.3 is 0 Å². The fourth-order valence-corrected chi connectivity index (χ4v) is 4.46. The van der Waals surface area contributed by atoms with E-state index in [1.807, 2.05) is 13.8 Å². The second-order valence-corrected chi connectivity index (χ2v) is 7.37. The van der Waals surface area contributed by atoms with E-state index in [-0.39, 0.29) is 0 Å². The van der Waals surface area contributed by atoms with Crippen molar-refractivity contribution in [3.63, 3.8) is 0 Å². The molecule has 2 aromatic heterocycles. The van der Waals surface area contributed by atoms with E-state index < -0.39 is 0 Å². The van der Waals surface area contributed by atoms with Crippen molar-refractivity contribution in [2.75, 3.05) is 0 Å². The Labute approximate surface area is 184 Å². The summed E-state index contributed by atoms with van der Waals surface area (Å²) in [5.41, 5.74) is 5.27. The van der Waals surface area contributed by atoms with Gasteiger partial charge in [-0.3, -0.25) is 0 Å². The number of rotatable bonds is 1. The largest absolute Gasteiger partial charge is 0.344 e. The lowest BCUT2D eigenvalue weighted by Gasteiger charge is -2.01. The minimum Gasteiger partial charge on any atom is -0.344 e. The third-order valence-corrected chi connectivity index (χ3v) is 5.82. The number of benzene rings is 4. The van der Waals surface area contributed by atoms with Crippen LogP contribution in [0.5, 0.6) is 0 Å². The first-order valence-electron chi connectivity index (χ1n) is 11.2. The van der Waals surface area contributed by atoms with Crippen molar-refractivity contribution in [1.29, 1.82) is 0 Å². The Balaban J connectivity index is 0.000000139. The molecule has 2 heteroatoms. The van der Waals surface area contributed by atoms with Crippen molar-refractivity contribution >= 4 is 43.6 Å². The van der Waals surface area contributed by atoms with Gasteiger partial charge in [0.25, 0.3) is 0 Å². The number of aryl methyl sites for hydroxylation is 2. The monoisotopic (exact) mass is 406 g/mol. The van der Waals surface area contributed by atoms with Crippen molar-refractivity contribution in [2.24, 2.45) is 7.05 Å². The Bertz CT molecular complexity index is 1340. The van der Waals surface area contributed by atoms with Gasteiger partial charge in [-0.05, 0) is 31.2 Å². The zero-order valence-electron chi connectivity index (χ0n) is 18.8. The van der Waals surface area contributed by atoms with Crippen molar-refractivity contribution < 1.29 is 0 Å². The van der Waals surface area contributed by atoms with E-state index in [4.69, 9.17) is 0 Å². The molecule has 2 heterocycles. The molecule has 0 atom stereocenters. The van der Waals surface area contributed by atoms with Gasteiger partial charge in [-0.25, -0.2) is 0 Å². The molecular formula is C29H30N2. The summed E-state index contributed by atoms with van der Waals surface area (Å²) >= 11 is 0. The molecule has 0 N–H and O–H groups in total. The third-order valence-electron chi connectivity index (χ3n) is 5.82. The summed E-state index contributed by atoms with van der Waals surface area (Å²) in [6.45, 7) is 7.22. The molecule has 0 radical (unpaired) electrons. The van der Waals surface area contributed by atoms with Gasteiger partial charge in [-0.15, -0.1) is 0 Å². The molecule has 0 spiro atoms. The summed E-state index contributed by atoms with van der Waals surface area (Å²) in [6.07, 6.45) is 0. The number of hydrogen-bond acceptors (Lipinski definition) is 0. The maximum absolute atomic E-state index is 2.37. The second-order valence-electron chi connectivity index (χ2n) is 7.37. The maximum atomic E-state index is 2.37. The van der Waals surface area contributed by atoms with Gasteiger partial charge in [0.2, 0.25) is 0 Å². The Morgan fingerprint density at radius 1 is 0.484 bits per heavy atom. The van der Waals surface area contributed by atoms with Crippen LogP contribution in [0.4, 0.5) is 0 Å². The zero-order valence-corrected chi connectivity index (χ0v) is 18.8. The standard InChI is InChI=1S/C14H13N.C13H11N.C2H6/c1-2-15-13-9-5-3-7-11(13)12-8-4-6-10-14(12)15;1-14-12-8-4-2-6-10(12)11-7-3-5-9-13(11)14;1-2/h3-10H,2H2,1H3;2-9H,1H3;1-2H3. The van der Waals surface area contributed by atoms with Crippen LogP contribution in [-0.4, -0.2) is 9.13 Å². The van der Waals surface area contributed by atoms with E-state index in [9.17, 15) is 0 Å². The van der Waals surface area contributed by atoms with E-state index in [1.165, 1.54) is 43.6 Å². The Kier molecular flexibility index (Phi) is 6.08. The zero-order chi connectivity index (χ0) is 21.8. The van der Waals surface area contributed by atoms with E-state index in [2.05, 4.69) is 120 Å². The predicted molar refractivity (Wildman–Crippen MR) is 137 cm³/mol. The molecule has 0 unspecified atom stereocenters. The maximum Gasteiger partial charge on any atom is 0.0491 e. The van der Waals surface area contributed by atoms with E-state index in [0.717, 1.165) is 6.54 Å². The lowest BCUT2D eigenvalue weighted by Crippen LogP contribution is -1.91. The highest BCUT2D eigenvalue weighted by atomic mass is 15.0. The van der Waals surface area contributed by atoms with Gasteiger partial charge in [0, 0.05) is 57.2 Å². The Morgan fingerprint density at radius 3 is 1.13 bits per heavy atom. The summed E-state index contributed by atoms with van der Waals surface area (Å²) in [6, 6.07) is 34.2. The van der Waals surface area contributed by atoms with Gasteiger partial charge in [-0.2, -0.15) is 0 Å². The molecular weight excluding hydrogens is 376 g/mol. The SMILES string of the molecule is CC.CCn1c2ccccc2c2ccccc21.Cn1c2ccccc2c2ccccc21. The van der Waals surface area contributed by atoms with E-state index in [1.54, 1.807) is 0 Å². The third kappa shape index (κ3) is 3.59. The van der Waals surface area contributed by atoms with Crippen LogP contribution in [0.1, 0.15) is 20.8 Å². The van der Waals surface area contributed by atoms with Gasteiger partial charge in [0.05, 0.1) is 0 Å². The lowest BCUT2D eigenvalue weighted by molar-refractivity contribution is 0.827. The molecule has 0 bridgehead atoms. The van der Waals surface area contributed by atoms with E-state index in [0.29, 0.717) is 0 Å². The Hall–Kier alpha value is -3.52. The molecule has 0 fully saturated rings. The first-order valence-corrected chi connectivity index (χ1v) is 11.2. The highest BCUT2D eigenvalue weighted by molar-refractivity contribution is 6.08. The molecule has 4 aromatic carbocycles. The minimum atomic E-state index is 1.02. The van der Waals surface area contributed by atoms with Crippen LogP contribution in [0.2, 0.25) is 0 Å². The molecule has 6 rings (SSSR count). The molecule has 0 aliphatic rings. The van der Waals surface area contributed by atoms with Crippen molar-refractivity contribution in [3.8, 4) is 0 Å². The molecule has 156 valence electrons. The molecule has 0 saturated heterocycles. The molecule has 0 amide bonds. The molecule has 2 nitrogen and oxygen atoms in total. The van der Waals surface area contributed by atoms with Crippen molar-refractivity contribution in [2.45, 2.75) is 27.3 Å². The van der Waals surface area contributed by atoms with Gasteiger partial charge in [0.1, 0.15) is 0 Å². The topological polar surface area (TPSA) is 9.86 Å². The number of aromatic nitrogens is 2. The van der Waals surface area contributed by atoms with Crippen LogP contribution in [-0.2, 0) is 13.6 Å². The average Bonchev–Trinajstić information content (AvgIpc) is 3.34. The van der Waals surface area contributed by atoms with Gasteiger partial charge in [0.15, 0.2) is 0 Å². The molecule has 0 saturated carbocycles. The van der Waals surface area contributed by atoms with Crippen molar-refractivity contribution in [1.82, 2.24) is 9.13 Å². The summed E-state index contributed by atoms with van der Waals surface area (Å²) in [7, 11) is 2.12. The van der Waals surface area contributed by atoms with Crippen molar-refractivity contribution in [3.05, 3.63) is 97.1 Å². The van der Waals surface area contributed by atoms with Gasteiger partial charge in [-0.1, -0.05) is 86.6 Å². The number of nitrogens with zero attached hydrogens (tertiary/aromatic N) is 2. The molecule has 31 heavy (non-hydrogen) atoms. The normalized spacial score (nSPS) is 10.7. The van der Waals surface area contributed by atoms with Gasteiger partial charge < -0.3 is 9.13 Å². The highest BCUT2D eigenvalue weighted by Crippen LogP contribution is 2.28. The summed E-state index contributed by atoms with van der Waals surface area (Å²) in [5.74, 6) is 0. The highest BCUT2D eigenvalue weighted by Gasteiger charge is 2.07. The molecule has 6 aromatic rings. The van der Waals surface area contributed by atoms with Crippen LogP contribution in [0.25, 0.3) is 43.6 Å². The smallest absolute Gasteiger partial charge is 0.0491 e. The van der Waals surface area contributed by atoms with E-state index >= 15 is 0 Å². The average molecular weight is 407 g/mol. The Morgan fingerprint density at radius 2 is 0.774 bits per heavy atom. The lowest BCUT2D eigenvalue weighted by atomic mass is 10.2. The number of hydrogen-bond donors (Lipinski definition) is 0. The first-order chi connectivity index (χ1) is 15.3. The summed E-state index contributed by atoms with van der Waals surface area (Å²) in [5, 5.41) is 5.39. The molecule has 0 aliphatic carbocycles. The second kappa shape index (κ2) is 9.09. The van der Waals surface area contributed by atoms with Crippen LogP contribution in [0.3, 0.4) is 0 Å². The number of fused-ring (bicyclic) bond motifs is 6. The fraction of sp³-hybridized carbons (Fsp3) is 0.172. The summed E-state index contributed by atoms with van der Waals surface area (Å²) in [4.78, 5) is 0. The van der Waals surface area contributed by atoms with Crippen LogP contribution >= 0.6 is 0 Å². The fourth-order valence-electron chi connectivity index (χ4n) is 4.46. The first kappa shape index (κ1) is 20.7. The van der Waals surface area contributed by atoms with Crippen LogP contribution in [0.15, 0.2) is 97.1 Å². The molecule has 0 aliphatic heterocycles. The van der Waals surface area contributed by atoms with Crippen LogP contribution in [0, 0.1) is 0 Å². The quantitative estimate of drug-likeness (QED) is 0.260. The predicted octanol–water partition coefficient (Wildman–Crippen LogP) is 8.17. The minimum absolute atomic E-state index is 1.02.